The van der Waals surface area contributed by atoms with E-state index in [1.165, 1.54) is 0 Å². The first-order valence-corrected chi connectivity index (χ1v) is 7.40. The van der Waals surface area contributed by atoms with Crippen LogP contribution in [0.2, 0.25) is 0 Å². The molecule has 0 aliphatic heterocycles. The van der Waals surface area contributed by atoms with Crippen LogP contribution in [0.4, 0.5) is 0 Å². The summed E-state index contributed by atoms with van der Waals surface area (Å²) in [7, 11) is 1.67. The van der Waals surface area contributed by atoms with Crippen molar-refractivity contribution in [2.45, 2.75) is 13.5 Å². The fraction of sp³-hybridized carbons (Fsp3) is 0.231. The molecule has 3 rings (SSSR count). The highest BCUT2D eigenvalue weighted by Crippen LogP contribution is 2.27. The molecule has 1 aromatic carbocycles. The minimum Gasteiger partial charge on any atom is -0.377 e. The Hall–Kier alpha value is -1.24. The van der Waals surface area contributed by atoms with E-state index in [0.717, 1.165) is 31.4 Å². The molecule has 0 saturated heterocycles. The lowest BCUT2D eigenvalue weighted by atomic mass is 10.1. The predicted octanol–water partition coefficient (Wildman–Crippen LogP) is 3.68. The Morgan fingerprint density at radius 3 is 2.68 bits per heavy atom. The molecule has 0 aliphatic carbocycles. The van der Waals surface area contributed by atoms with Crippen molar-refractivity contribution in [3.63, 3.8) is 0 Å². The van der Waals surface area contributed by atoms with Gasteiger partial charge in [0.15, 0.2) is 0 Å². The summed E-state index contributed by atoms with van der Waals surface area (Å²) in [5, 5.41) is 5.44. The van der Waals surface area contributed by atoms with Crippen LogP contribution in [-0.4, -0.2) is 21.7 Å². The van der Waals surface area contributed by atoms with Crippen molar-refractivity contribution >= 4 is 32.2 Å². The highest BCUT2D eigenvalue weighted by Gasteiger charge is 2.14. The zero-order valence-corrected chi connectivity index (χ0v) is 13.0. The molecule has 0 amide bonds. The molecule has 19 heavy (non-hydrogen) atoms. The molecule has 0 unspecified atom stereocenters. The molecule has 0 spiro atoms. The number of aryl methyl sites for hydroxylation is 1. The number of ether oxygens (including phenoxy) is 1. The number of hydrogen-bond acceptors (Lipinski definition) is 4. The number of nitrogens with zero attached hydrogens (tertiary/aromatic N) is 3. The molecule has 0 N–H and O–H groups in total. The van der Waals surface area contributed by atoms with Gasteiger partial charge in [-0.05, 0) is 19.1 Å². The average Bonchev–Trinajstić information content (AvgIpc) is 2.91. The number of fused-ring (bicyclic) bond motifs is 1. The van der Waals surface area contributed by atoms with Gasteiger partial charge in [-0.3, -0.25) is 0 Å². The summed E-state index contributed by atoms with van der Waals surface area (Å²) in [6.07, 6.45) is 0. The average molecular weight is 338 g/mol. The van der Waals surface area contributed by atoms with E-state index in [0.29, 0.717) is 6.61 Å². The number of benzene rings is 1. The van der Waals surface area contributed by atoms with Crippen molar-refractivity contribution in [2.24, 2.45) is 0 Å². The second-order valence-corrected chi connectivity index (χ2v) is 6.13. The van der Waals surface area contributed by atoms with Gasteiger partial charge in [-0.25, -0.2) is 9.50 Å². The Morgan fingerprint density at radius 2 is 2.05 bits per heavy atom. The van der Waals surface area contributed by atoms with E-state index in [9.17, 15) is 0 Å². The van der Waals surface area contributed by atoms with Crippen LogP contribution in [0.1, 0.15) is 10.7 Å². The molecule has 3 aromatic rings. The molecule has 0 saturated carbocycles. The summed E-state index contributed by atoms with van der Waals surface area (Å²) in [6.45, 7) is 2.56. The van der Waals surface area contributed by atoms with Gasteiger partial charge in [-0.2, -0.15) is 5.10 Å². The highest BCUT2D eigenvalue weighted by molar-refractivity contribution is 9.10. The third-order valence-corrected chi connectivity index (χ3v) is 4.27. The van der Waals surface area contributed by atoms with E-state index in [4.69, 9.17) is 4.74 Å². The van der Waals surface area contributed by atoms with Gasteiger partial charge in [-0.1, -0.05) is 39.4 Å². The lowest BCUT2D eigenvalue weighted by molar-refractivity contribution is 0.183. The maximum absolute atomic E-state index is 5.10. The SMILES string of the molecule is COCc1nn2c(C)c(-c3ccc(Br)cc3)nc2s1. The first-order valence-electron chi connectivity index (χ1n) is 5.79. The minimum atomic E-state index is 0.529. The van der Waals surface area contributed by atoms with Gasteiger partial charge in [0.25, 0.3) is 0 Å². The van der Waals surface area contributed by atoms with Gasteiger partial charge in [0.2, 0.25) is 4.96 Å². The van der Waals surface area contributed by atoms with Crippen LogP contribution in [0.5, 0.6) is 0 Å². The maximum Gasteiger partial charge on any atom is 0.213 e. The second kappa shape index (κ2) is 5.03. The number of halogens is 1. The summed E-state index contributed by atoms with van der Waals surface area (Å²) < 4.78 is 8.05. The fourth-order valence-electron chi connectivity index (χ4n) is 1.95. The molecule has 0 bridgehead atoms. The summed E-state index contributed by atoms with van der Waals surface area (Å²) in [5.74, 6) is 0. The predicted molar refractivity (Wildman–Crippen MR) is 79.5 cm³/mol. The standard InChI is InChI=1S/C13H12BrN3OS/c1-8-12(9-3-5-10(14)6-4-9)15-13-17(8)16-11(19-13)7-18-2/h3-6H,7H2,1-2H3. The van der Waals surface area contributed by atoms with Gasteiger partial charge >= 0.3 is 0 Å². The molecule has 2 heterocycles. The fourth-order valence-corrected chi connectivity index (χ4v) is 3.13. The molecule has 98 valence electrons. The van der Waals surface area contributed by atoms with Crippen LogP contribution < -0.4 is 0 Å². The number of imidazole rings is 1. The van der Waals surface area contributed by atoms with Crippen molar-refractivity contribution < 1.29 is 4.74 Å². The van der Waals surface area contributed by atoms with E-state index in [2.05, 4.69) is 38.1 Å². The normalized spacial score (nSPS) is 11.3. The summed E-state index contributed by atoms with van der Waals surface area (Å²) in [5.41, 5.74) is 3.14. The molecule has 6 heteroatoms. The van der Waals surface area contributed by atoms with E-state index < -0.39 is 0 Å². The molecule has 0 atom stereocenters. The van der Waals surface area contributed by atoms with E-state index in [1.54, 1.807) is 18.4 Å². The molecule has 4 nitrogen and oxygen atoms in total. The second-order valence-electron chi connectivity index (χ2n) is 4.18. The van der Waals surface area contributed by atoms with Crippen LogP contribution in [0, 0.1) is 6.92 Å². The zero-order chi connectivity index (χ0) is 13.4. The van der Waals surface area contributed by atoms with Gasteiger partial charge in [0, 0.05) is 17.1 Å². The monoisotopic (exact) mass is 337 g/mol. The lowest BCUT2D eigenvalue weighted by Crippen LogP contribution is -1.92. The van der Waals surface area contributed by atoms with Crippen molar-refractivity contribution in [3.8, 4) is 11.3 Å². The minimum absolute atomic E-state index is 0.529. The van der Waals surface area contributed by atoms with Crippen molar-refractivity contribution in [3.05, 3.63) is 39.4 Å². The smallest absolute Gasteiger partial charge is 0.213 e. The molecule has 0 fully saturated rings. The van der Waals surface area contributed by atoms with Crippen LogP contribution in [0.25, 0.3) is 16.2 Å². The summed E-state index contributed by atoms with van der Waals surface area (Å²) >= 11 is 5.00. The third kappa shape index (κ3) is 2.31. The van der Waals surface area contributed by atoms with Crippen molar-refractivity contribution in [2.75, 3.05) is 7.11 Å². The lowest BCUT2D eigenvalue weighted by Gasteiger charge is -1.99. The van der Waals surface area contributed by atoms with Gasteiger partial charge in [-0.15, -0.1) is 0 Å². The molecule has 0 aliphatic rings. The molecule has 2 aromatic heterocycles. The molecular formula is C13H12BrN3OS. The Morgan fingerprint density at radius 1 is 1.32 bits per heavy atom. The van der Waals surface area contributed by atoms with Crippen LogP contribution in [0.15, 0.2) is 28.7 Å². The maximum atomic E-state index is 5.10. The first-order chi connectivity index (χ1) is 9.19. The zero-order valence-electron chi connectivity index (χ0n) is 10.6. The van der Waals surface area contributed by atoms with E-state index >= 15 is 0 Å². The van der Waals surface area contributed by atoms with Crippen LogP contribution in [0.3, 0.4) is 0 Å². The van der Waals surface area contributed by atoms with Crippen LogP contribution >= 0.6 is 27.3 Å². The van der Waals surface area contributed by atoms with E-state index in [1.807, 2.05) is 23.6 Å². The van der Waals surface area contributed by atoms with Gasteiger partial charge in [0.05, 0.1) is 18.0 Å². The van der Waals surface area contributed by atoms with E-state index in [-0.39, 0.29) is 0 Å². The Kier molecular flexibility index (Phi) is 3.38. The van der Waals surface area contributed by atoms with Gasteiger partial charge in [0.1, 0.15) is 5.01 Å². The summed E-state index contributed by atoms with van der Waals surface area (Å²) in [4.78, 5) is 5.57. The van der Waals surface area contributed by atoms with Crippen LogP contribution in [-0.2, 0) is 11.3 Å². The highest BCUT2D eigenvalue weighted by atomic mass is 79.9. The summed E-state index contributed by atoms with van der Waals surface area (Å²) in [6, 6.07) is 8.15. The van der Waals surface area contributed by atoms with Crippen molar-refractivity contribution in [1.29, 1.82) is 0 Å². The Balaban J connectivity index is 2.07. The number of methoxy groups -OCH3 is 1. The number of rotatable bonds is 3. The molecular weight excluding hydrogens is 326 g/mol. The third-order valence-electron chi connectivity index (χ3n) is 2.86. The Labute approximate surface area is 123 Å². The topological polar surface area (TPSA) is 39.4 Å². The quantitative estimate of drug-likeness (QED) is 0.731. The number of aromatic nitrogens is 3. The number of hydrogen-bond donors (Lipinski definition) is 0. The van der Waals surface area contributed by atoms with Crippen molar-refractivity contribution in [1.82, 2.24) is 14.6 Å². The largest absolute Gasteiger partial charge is 0.377 e. The Bertz CT molecular complexity index is 717. The molecule has 0 radical (unpaired) electrons. The first kappa shape index (κ1) is 12.8. The van der Waals surface area contributed by atoms with Gasteiger partial charge < -0.3 is 4.74 Å².